The second-order valence-electron chi connectivity index (χ2n) is 8.52. The van der Waals surface area contributed by atoms with Crippen LogP contribution in [0.5, 0.6) is 5.75 Å². The number of carbonyl (C=O) groups is 3. The third kappa shape index (κ3) is 7.22. The average Bonchev–Trinajstić information content (AvgIpc) is 3.32. The maximum absolute atomic E-state index is 12.8. The van der Waals surface area contributed by atoms with Gasteiger partial charge in [-0.15, -0.1) is 16.8 Å². The van der Waals surface area contributed by atoms with Gasteiger partial charge in [-0.25, -0.2) is 9.59 Å². The molecule has 0 aliphatic rings. The van der Waals surface area contributed by atoms with Gasteiger partial charge in [0.2, 0.25) is 5.91 Å². The van der Waals surface area contributed by atoms with Crippen LogP contribution in [0, 0.1) is 5.92 Å². The van der Waals surface area contributed by atoms with Crippen LogP contribution in [-0.4, -0.2) is 59.2 Å². The predicted molar refractivity (Wildman–Crippen MR) is 144 cm³/mol. The minimum absolute atomic E-state index is 0.0275. The van der Waals surface area contributed by atoms with Crippen molar-refractivity contribution in [3.63, 3.8) is 0 Å². The van der Waals surface area contributed by atoms with Gasteiger partial charge >= 0.3 is 11.9 Å². The lowest BCUT2D eigenvalue weighted by Gasteiger charge is -2.12. The van der Waals surface area contributed by atoms with Gasteiger partial charge in [0.25, 0.3) is 0 Å². The van der Waals surface area contributed by atoms with Crippen LogP contribution < -0.4 is 10.1 Å². The van der Waals surface area contributed by atoms with Crippen LogP contribution in [0.25, 0.3) is 11.4 Å². The number of rotatable bonds is 12. The van der Waals surface area contributed by atoms with Crippen molar-refractivity contribution in [2.75, 3.05) is 31.9 Å². The number of esters is 2. The molecular formula is C27H30N4O6S. The average molecular weight is 539 g/mol. The fourth-order valence-corrected chi connectivity index (χ4v) is 4.11. The molecule has 1 amide bonds. The molecule has 0 atom stereocenters. The summed E-state index contributed by atoms with van der Waals surface area (Å²) >= 11 is 1.18. The molecule has 1 heterocycles. The van der Waals surface area contributed by atoms with E-state index >= 15 is 0 Å². The summed E-state index contributed by atoms with van der Waals surface area (Å²) in [5.41, 5.74) is 1.27. The van der Waals surface area contributed by atoms with E-state index in [2.05, 4.69) is 35.9 Å². The number of amides is 1. The van der Waals surface area contributed by atoms with E-state index in [0.29, 0.717) is 30.1 Å². The number of hydrogen-bond donors (Lipinski definition) is 1. The summed E-state index contributed by atoms with van der Waals surface area (Å²) in [5, 5.41) is 11.8. The van der Waals surface area contributed by atoms with Gasteiger partial charge in [0, 0.05) is 12.1 Å². The topological polar surface area (TPSA) is 122 Å². The van der Waals surface area contributed by atoms with Crippen molar-refractivity contribution in [3.8, 4) is 17.1 Å². The monoisotopic (exact) mass is 538 g/mol. The number of hydrogen-bond acceptors (Lipinski definition) is 9. The van der Waals surface area contributed by atoms with E-state index in [9.17, 15) is 14.4 Å². The lowest BCUT2D eigenvalue weighted by Crippen LogP contribution is -2.18. The van der Waals surface area contributed by atoms with E-state index in [-0.39, 0.29) is 22.6 Å². The van der Waals surface area contributed by atoms with Crippen LogP contribution in [0.4, 0.5) is 5.69 Å². The first-order valence-corrected chi connectivity index (χ1v) is 12.8. The number of nitrogens with one attached hydrogen (secondary N) is 1. The van der Waals surface area contributed by atoms with E-state index in [1.54, 1.807) is 6.08 Å². The molecular weight excluding hydrogens is 508 g/mol. The number of anilines is 1. The van der Waals surface area contributed by atoms with Gasteiger partial charge < -0.3 is 19.5 Å². The van der Waals surface area contributed by atoms with Crippen molar-refractivity contribution in [2.45, 2.75) is 25.5 Å². The van der Waals surface area contributed by atoms with Gasteiger partial charge in [-0.05, 0) is 48.4 Å². The maximum Gasteiger partial charge on any atom is 0.339 e. The Bertz CT molecular complexity index is 1300. The molecule has 1 N–H and O–H groups in total. The van der Waals surface area contributed by atoms with Gasteiger partial charge in [-0.3, -0.25) is 9.36 Å². The molecule has 0 saturated heterocycles. The van der Waals surface area contributed by atoms with Crippen LogP contribution in [-0.2, 0) is 20.8 Å². The van der Waals surface area contributed by atoms with Crippen molar-refractivity contribution < 1.29 is 28.6 Å². The zero-order valence-corrected chi connectivity index (χ0v) is 22.5. The molecule has 3 rings (SSSR count). The molecule has 0 aliphatic carbocycles. The molecule has 0 aliphatic heterocycles. The third-order valence-corrected chi connectivity index (χ3v) is 6.14. The molecule has 11 heteroatoms. The van der Waals surface area contributed by atoms with Gasteiger partial charge in [-0.1, -0.05) is 31.7 Å². The molecule has 0 saturated carbocycles. The molecule has 0 spiro atoms. The van der Waals surface area contributed by atoms with E-state index in [1.807, 2.05) is 28.8 Å². The van der Waals surface area contributed by atoms with Crippen LogP contribution in [0.1, 0.15) is 34.6 Å². The summed E-state index contributed by atoms with van der Waals surface area (Å²) in [4.78, 5) is 36.9. The number of nitrogens with zero attached hydrogens (tertiary/aromatic N) is 3. The maximum atomic E-state index is 12.8. The number of thioether (sulfide) groups is 1. The third-order valence-electron chi connectivity index (χ3n) is 5.18. The normalized spacial score (nSPS) is 10.7. The van der Waals surface area contributed by atoms with Crippen molar-refractivity contribution in [1.29, 1.82) is 0 Å². The number of benzene rings is 2. The lowest BCUT2D eigenvalue weighted by molar-refractivity contribution is -0.113. The number of allylic oxidation sites excluding steroid dienone is 1. The summed E-state index contributed by atoms with van der Waals surface area (Å²) in [7, 11) is 2.47. The largest absolute Gasteiger partial charge is 0.493 e. The molecule has 0 radical (unpaired) electrons. The first-order chi connectivity index (χ1) is 18.3. The molecule has 2 aromatic carbocycles. The number of ether oxygens (including phenoxy) is 3. The second kappa shape index (κ2) is 13.4. The van der Waals surface area contributed by atoms with Crippen LogP contribution in [0.15, 0.2) is 60.3 Å². The van der Waals surface area contributed by atoms with Crippen molar-refractivity contribution >= 4 is 35.3 Å². The van der Waals surface area contributed by atoms with Gasteiger partial charge in [0.05, 0.1) is 43.4 Å². The Labute approximate surface area is 225 Å². The highest BCUT2D eigenvalue weighted by molar-refractivity contribution is 7.99. The Kier molecular flexibility index (Phi) is 10.1. The summed E-state index contributed by atoms with van der Waals surface area (Å²) in [6.07, 6.45) is 1.72. The number of aromatic nitrogens is 3. The van der Waals surface area contributed by atoms with E-state index < -0.39 is 17.8 Å². The predicted octanol–water partition coefficient (Wildman–Crippen LogP) is 4.47. The fraction of sp³-hybridized carbons (Fsp3) is 0.296. The Balaban J connectivity index is 1.75. The molecule has 200 valence electrons. The van der Waals surface area contributed by atoms with E-state index in [0.717, 1.165) is 11.3 Å². The Morgan fingerprint density at radius 1 is 1.05 bits per heavy atom. The fourth-order valence-electron chi connectivity index (χ4n) is 3.36. The molecule has 0 fully saturated rings. The Morgan fingerprint density at radius 3 is 2.39 bits per heavy atom. The quantitative estimate of drug-likeness (QED) is 0.202. The highest BCUT2D eigenvalue weighted by atomic mass is 32.2. The van der Waals surface area contributed by atoms with Crippen molar-refractivity contribution in [2.24, 2.45) is 5.92 Å². The zero-order chi connectivity index (χ0) is 27.7. The van der Waals surface area contributed by atoms with Crippen LogP contribution in [0.2, 0.25) is 0 Å². The molecule has 0 bridgehead atoms. The highest BCUT2D eigenvalue weighted by Gasteiger charge is 2.19. The van der Waals surface area contributed by atoms with E-state index in [4.69, 9.17) is 14.2 Å². The smallest absolute Gasteiger partial charge is 0.339 e. The Hall–Kier alpha value is -4.12. The standard InChI is InChI=1S/C27H30N4O6S/c1-6-13-31-24(18-7-10-20(11-8-18)37-15-17(2)3)29-30-27(31)38-16-23(32)28-22-14-19(25(33)35-4)9-12-21(22)26(34)36-5/h6-12,14,17H,1,13,15-16H2,2-5H3,(H,28,32). The SMILES string of the molecule is C=CCn1c(SCC(=O)Nc2cc(C(=O)OC)ccc2C(=O)OC)nnc1-c1ccc(OCC(C)C)cc1. The summed E-state index contributed by atoms with van der Waals surface area (Å²) < 4.78 is 17.1. The molecule has 3 aromatic rings. The molecule has 10 nitrogen and oxygen atoms in total. The summed E-state index contributed by atoms with van der Waals surface area (Å²) in [6.45, 7) is 9.05. The highest BCUT2D eigenvalue weighted by Crippen LogP contribution is 2.27. The summed E-state index contributed by atoms with van der Waals surface area (Å²) in [6, 6.07) is 11.8. The van der Waals surface area contributed by atoms with Crippen LogP contribution >= 0.6 is 11.8 Å². The number of methoxy groups -OCH3 is 2. The summed E-state index contributed by atoms with van der Waals surface area (Å²) in [5.74, 6) is 0.124. The number of carbonyl (C=O) groups excluding carboxylic acids is 3. The molecule has 38 heavy (non-hydrogen) atoms. The van der Waals surface area contributed by atoms with Gasteiger partial charge in [0.1, 0.15) is 5.75 Å². The molecule has 0 unspecified atom stereocenters. The Morgan fingerprint density at radius 2 is 1.76 bits per heavy atom. The first-order valence-electron chi connectivity index (χ1n) is 11.8. The van der Waals surface area contributed by atoms with Gasteiger partial charge in [0.15, 0.2) is 11.0 Å². The van der Waals surface area contributed by atoms with Crippen LogP contribution in [0.3, 0.4) is 0 Å². The minimum atomic E-state index is -0.652. The second-order valence-corrected chi connectivity index (χ2v) is 9.46. The minimum Gasteiger partial charge on any atom is -0.493 e. The first kappa shape index (κ1) is 28.5. The zero-order valence-electron chi connectivity index (χ0n) is 21.7. The van der Waals surface area contributed by atoms with Gasteiger partial charge in [-0.2, -0.15) is 0 Å². The molecule has 1 aromatic heterocycles. The lowest BCUT2D eigenvalue weighted by atomic mass is 10.1. The van der Waals surface area contributed by atoms with Crippen molar-refractivity contribution in [3.05, 3.63) is 66.2 Å². The van der Waals surface area contributed by atoms with Crippen molar-refractivity contribution in [1.82, 2.24) is 14.8 Å². The van der Waals surface area contributed by atoms with E-state index in [1.165, 1.54) is 44.2 Å².